The van der Waals surface area contributed by atoms with Crippen molar-refractivity contribution in [3.05, 3.63) is 84.4 Å². The first-order chi connectivity index (χ1) is 18.6. The summed E-state index contributed by atoms with van der Waals surface area (Å²) in [5.41, 5.74) is 4.41. The SMILES string of the molecule is COC(=O)c1ccc(NC(=O)CSc2nnc(-c3ccc(-c4ccccc4)cc3)n2C2CCCCC2)cc1. The van der Waals surface area contributed by atoms with E-state index < -0.39 is 5.97 Å². The first kappa shape index (κ1) is 25.7. The second kappa shape index (κ2) is 12.1. The number of anilines is 1. The lowest BCUT2D eigenvalue weighted by Crippen LogP contribution is -2.17. The fourth-order valence-corrected chi connectivity index (χ4v) is 5.62. The first-order valence-electron chi connectivity index (χ1n) is 12.8. The monoisotopic (exact) mass is 526 g/mol. The molecule has 194 valence electrons. The van der Waals surface area contributed by atoms with Gasteiger partial charge >= 0.3 is 5.97 Å². The molecule has 1 amide bonds. The number of aromatic nitrogens is 3. The van der Waals surface area contributed by atoms with Crippen LogP contribution in [-0.4, -0.2) is 39.5 Å². The number of amides is 1. The molecule has 0 unspecified atom stereocenters. The fraction of sp³-hybridized carbons (Fsp3) is 0.267. The van der Waals surface area contributed by atoms with Gasteiger partial charge in [0.2, 0.25) is 5.91 Å². The normalized spacial score (nSPS) is 13.7. The molecule has 1 fully saturated rings. The van der Waals surface area contributed by atoms with Crippen LogP contribution in [0.15, 0.2) is 84.0 Å². The van der Waals surface area contributed by atoms with Crippen molar-refractivity contribution in [2.45, 2.75) is 43.3 Å². The molecule has 0 bridgehead atoms. The molecule has 4 aromatic rings. The van der Waals surface area contributed by atoms with Crippen LogP contribution in [0.5, 0.6) is 0 Å². The molecule has 0 spiro atoms. The minimum atomic E-state index is -0.411. The number of ether oxygens (including phenoxy) is 1. The molecule has 0 atom stereocenters. The van der Waals surface area contributed by atoms with Crippen molar-refractivity contribution < 1.29 is 14.3 Å². The van der Waals surface area contributed by atoms with Crippen LogP contribution < -0.4 is 5.32 Å². The van der Waals surface area contributed by atoms with Gasteiger partial charge in [0.25, 0.3) is 0 Å². The Morgan fingerprint density at radius 2 is 1.53 bits per heavy atom. The van der Waals surface area contributed by atoms with Crippen LogP contribution in [0.25, 0.3) is 22.5 Å². The first-order valence-corrected chi connectivity index (χ1v) is 13.8. The number of esters is 1. The summed E-state index contributed by atoms with van der Waals surface area (Å²) in [4.78, 5) is 24.3. The molecule has 1 saturated carbocycles. The third-order valence-corrected chi connectivity index (χ3v) is 7.72. The number of rotatable bonds is 8. The number of thioether (sulfide) groups is 1. The number of carbonyl (C=O) groups is 2. The van der Waals surface area contributed by atoms with Gasteiger partial charge in [-0.15, -0.1) is 10.2 Å². The van der Waals surface area contributed by atoms with Crippen molar-refractivity contribution in [3.63, 3.8) is 0 Å². The standard InChI is InChI=1S/C30H30N4O3S/c1-37-29(36)24-16-18-25(19-17-24)31-27(35)20-38-30-33-32-28(34(30)26-10-6-3-7-11-26)23-14-12-22(13-15-23)21-8-4-2-5-9-21/h2,4-5,8-9,12-19,26H,3,6-7,10-11,20H2,1H3,(H,31,35). The highest BCUT2D eigenvalue weighted by Gasteiger charge is 2.24. The quantitative estimate of drug-likeness (QED) is 0.205. The smallest absolute Gasteiger partial charge is 0.337 e. The number of hydrogen-bond donors (Lipinski definition) is 1. The van der Waals surface area contributed by atoms with Crippen molar-refractivity contribution in [1.29, 1.82) is 0 Å². The van der Waals surface area contributed by atoms with Crippen LogP contribution >= 0.6 is 11.8 Å². The van der Waals surface area contributed by atoms with E-state index >= 15 is 0 Å². The highest BCUT2D eigenvalue weighted by Crippen LogP contribution is 2.36. The molecule has 1 N–H and O–H groups in total. The maximum atomic E-state index is 12.7. The van der Waals surface area contributed by atoms with Crippen LogP contribution in [-0.2, 0) is 9.53 Å². The van der Waals surface area contributed by atoms with Gasteiger partial charge in [-0.25, -0.2) is 4.79 Å². The van der Waals surface area contributed by atoms with Gasteiger partial charge in [-0.2, -0.15) is 0 Å². The Morgan fingerprint density at radius 3 is 2.21 bits per heavy atom. The number of methoxy groups -OCH3 is 1. The highest BCUT2D eigenvalue weighted by atomic mass is 32.2. The lowest BCUT2D eigenvalue weighted by Gasteiger charge is -2.25. The van der Waals surface area contributed by atoms with Crippen molar-refractivity contribution in [1.82, 2.24) is 14.8 Å². The molecule has 1 aliphatic rings. The van der Waals surface area contributed by atoms with Crippen LogP contribution in [0.1, 0.15) is 48.5 Å². The maximum Gasteiger partial charge on any atom is 0.337 e. The largest absolute Gasteiger partial charge is 0.465 e. The van der Waals surface area contributed by atoms with E-state index in [9.17, 15) is 9.59 Å². The Labute approximate surface area is 226 Å². The second-order valence-corrected chi connectivity index (χ2v) is 10.3. The zero-order chi connectivity index (χ0) is 26.3. The summed E-state index contributed by atoms with van der Waals surface area (Å²) in [6, 6.07) is 25.7. The van der Waals surface area contributed by atoms with Crippen molar-refractivity contribution >= 4 is 29.3 Å². The van der Waals surface area contributed by atoms with Gasteiger partial charge in [-0.05, 0) is 48.2 Å². The Kier molecular flexibility index (Phi) is 8.19. The van der Waals surface area contributed by atoms with Crippen LogP contribution in [0.4, 0.5) is 5.69 Å². The Balaban J connectivity index is 1.32. The molecule has 1 heterocycles. The van der Waals surface area contributed by atoms with Gasteiger partial charge in [0.1, 0.15) is 0 Å². The molecule has 1 aromatic heterocycles. The fourth-order valence-electron chi connectivity index (χ4n) is 4.82. The molecule has 0 saturated heterocycles. The van der Waals surface area contributed by atoms with E-state index in [1.165, 1.54) is 43.7 Å². The van der Waals surface area contributed by atoms with E-state index in [0.717, 1.165) is 34.9 Å². The number of carbonyl (C=O) groups excluding carboxylic acids is 2. The average Bonchev–Trinajstić information content (AvgIpc) is 3.41. The van der Waals surface area contributed by atoms with Crippen molar-refractivity contribution in [2.24, 2.45) is 0 Å². The van der Waals surface area contributed by atoms with Crippen molar-refractivity contribution in [2.75, 3.05) is 18.2 Å². The molecular formula is C30H30N4O3S. The molecule has 1 aliphatic carbocycles. The van der Waals surface area contributed by atoms with E-state index in [0.29, 0.717) is 17.3 Å². The Bertz CT molecular complexity index is 1380. The van der Waals surface area contributed by atoms with E-state index in [-0.39, 0.29) is 11.7 Å². The van der Waals surface area contributed by atoms with Gasteiger partial charge in [-0.3, -0.25) is 9.36 Å². The Morgan fingerprint density at radius 1 is 0.868 bits per heavy atom. The van der Waals surface area contributed by atoms with E-state index in [1.807, 2.05) is 18.2 Å². The van der Waals surface area contributed by atoms with Gasteiger partial charge in [0, 0.05) is 17.3 Å². The van der Waals surface area contributed by atoms with E-state index in [4.69, 9.17) is 4.74 Å². The van der Waals surface area contributed by atoms with Gasteiger partial charge in [0.15, 0.2) is 11.0 Å². The zero-order valence-electron chi connectivity index (χ0n) is 21.3. The molecule has 3 aromatic carbocycles. The minimum absolute atomic E-state index is 0.146. The maximum absolute atomic E-state index is 12.7. The third kappa shape index (κ3) is 5.97. The molecular weight excluding hydrogens is 496 g/mol. The number of nitrogens with zero attached hydrogens (tertiary/aromatic N) is 3. The molecule has 38 heavy (non-hydrogen) atoms. The molecule has 0 aliphatic heterocycles. The molecule has 8 heteroatoms. The molecule has 7 nitrogen and oxygen atoms in total. The number of hydrogen-bond acceptors (Lipinski definition) is 6. The highest BCUT2D eigenvalue weighted by molar-refractivity contribution is 7.99. The summed E-state index contributed by atoms with van der Waals surface area (Å²) < 4.78 is 6.96. The summed E-state index contributed by atoms with van der Waals surface area (Å²) in [5, 5.41) is 12.7. The Hall–Kier alpha value is -3.91. The summed E-state index contributed by atoms with van der Waals surface area (Å²) in [6.07, 6.45) is 5.78. The van der Waals surface area contributed by atoms with Crippen LogP contribution in [0, 0.1) is 0 Å². The van der Waals surface area contributed by atoms with Gasteiger partial charge in [-0.1, -0.05) is 85.6 Å². The van der Waals surface area contributed by atoms with Crippen LogP contribution in [0.2, 0.25) is 0 Å². The van der Waals surface area contributed by atoms with Crippen molar-refractivity contribution in [3.8, 4) is 22.5 Å². The molecule has 5 rings (SSSR count). The summed E-state index contributed by atoms with van der Waals surface area (Å²) in [7, 11) is 1.34. The predicted octanol–water partition coefficient (Wildman–Crippen LogP) is 6.63. The summed E-state index contributed by atoms with van der Waals surface area (Å²) >= 11 is 1.40. The topological polar surface area (TPSA) is 86.1 Å². The molecule has 0 radical (unpaired) electrons. The zero-order valence-corrected chi connectivity index (χ0v) is 22.1. The number of benzene rings is 3. The van der Waals surface area contributed by atoms with E-state index in [2.05, 4.69) is 56.5 Å². The third-order valence-electron chi connectivity index (χ3n) is 6.78. The average molecular weight is 527 g/mol. The van der Waals surface area contributed by atoms with Crippen LogP contribution in [0.3, 0.4) is 0 Å². The van der Waals surface area contributed by atoms with Gasteiger partial charge < -0.3 is 10.1 Å². The number of nitrogens with one attached hydrogen (secondary N) is 1. The van der Waals surface area contributed by atoms with Gasteiger partial charge in [0.05, 0.1) is 18.4 Å². The summed E-state index contributed by atoms with van der Waals surface area (Å²) in [5.74, 6) is 0.493. The lowest BCUT2D eigenvalue weighted by molar-refractivity contribution is -0.113. The lowest BCUT2D eigenvalue weighted by atomic mass is 9.95. The second-order valence-electron chi connectivity index (χ2n) is 9.32. The summed E-state index contributed by atoms with van der Waals surface area (Å²) in [6.45, 7) is 0. The predicted molar refractivity (Wildman–Crippen MR) is 150 cm³/mol. The minimum Gasteiger partial charge on any atom is -0.465 e. The van der Waals surface area contributed by atoms with E-state index in [1.54, 1.807) is 24.3 Å².